The number of nitrogens with zero attached hydrogens (tertiary/aromatic N) is 1. The molecule has 1 atom stereocenters. The Morgan fingerprint density at radius 2 is 2.18 bits per heavy atom. The molecule has 124 valence electrons. The maximum atomic E-state index is 12.6. The smallest absolute Gasteiger partial charge is 0.366 e. The van der Waals surface area contributed by atoms with Crippen LogP contribution in [0.5, 0.6) is 0 Å². The summed E-state index contributed by atoms with van der Waals surface area (Å²) in [6.45, 7) is 1.68. The highest BCUT2D eigenvalue weighted by atomic mass is 35.5. The van der Waals surface area contributed by atoms with Crippen molar-refractivity contribution in [2.75, 3.05) is 26.7 Å². The van der Waals surface area contributed by atoms with Crippen LogP contribution in [0.4, 0.5) is 13.2 Å². The number of likely N-dealkylation sites (N-methyl/N-ethyl adjacent to an activating group) is 1. The number of carbonyl (C=O) groups is 1. The van der Waals surface area contributed by atoms with Gasteiger partial charge in [0.25, 0.3) is 5.91 Å². The van der Waals surface area contributed by atoms with Crippen LogP contribution >= 0.6 is 12.4 Å². The lowest BCUT2D eigenvalue weighted by Gasteiger charge is -2.27. The van der Waals surface area contributed by atoms with E-state index in [1.165, 1.54) is 11.0 Å². The highest BCUT2D eigenvalue weighted by molar-refractivity contribution is 5.85. The third kappa shape index (κ3) is 4.86. The van der Waals surface area contributed by atoms with E-state index in [9.17, 15) is 18.0 Å². The van der Waals surface area contributed by atoms with Gasteiger partial charge in [0.15, 0.2) is 0 Å². The zero-order valence-electron chi connectivity index (χ0n) is 12.0. The first-order valence-corrected chi connectivity index (χ1v) is 6.61. The van der Waals surface area contributed by atoms with Crippen LogP contribution in [-0.2, 0) is 22.3 Å². The fourth-order valence-corrected chi connectivity index (χ4v) is 2.17. The van der Waals surface area contributed by atoms with Gasteiger partial charge in [0.2, 0.25) is 0 Å². The van der Waals surface area contributed by atoms with Gasteiger partial charge in [-0.3, -0.25) is 4.79 Å². The predicted molar refractivity (Wildman–Crippen MR) is 77.8 cm³/mol. The molecule has 0 spiro atoms. The van der Waals surface area contributed by atoms with E-state index < -0.39 is 17.8 Å². The Labute approximate surface area is 133 Å². The standard InChI is InChI=1S/C14H17F3N2O2.ClH/c1-19(13(20)12-8-18-5-6-21-12)9-10-3-2-4-11(7-10)14(15,16)17;/h2-4,7,12,18H,5-6,8-9H2,1H3;1H. The number of ether oxygens (including phenoxy) is 1. The number of rotatable bonds is 3. The second kappa shape index (κ2) is 7.80. The molecule has 1 unspecified atom stereocenters. The molecule has 1 aromatic carbocycles. The summed E-state index contributed by atoms with van der Waals surface area (Å²) in [5.41, 5.74) is -0.277. The maximum Gasteiger partial charge on any atom is 0.416 e. The van der Waals surface area contributed by atoms with Gasteiger partial charge in [-0.2, -0.15) is 13.2 Å². The van der Waals surface area contributed by atoms with Gasteiger partial charge in [-0.05, 0) is 17.7 Å². The van der Waals surface area contributed by atoms with Gasteiger partial charge >= 0.3 is 6.18 Å². The minimum absolute atomic E-state index is 0. The molecule has 1 aliphatic heterocycles. The molecule has 1 N–H and O–H groups in total. The number of hydrogen-bond donors (Lipinski definition) is 1. The van der Waals surface area contributed by atoms with Crippen molar-refractivity contribution in [2.45, 2.75) is 18.8 Å². The number of carbonyl (C=O) groups excluding carboxylic acids is 1. The summed E-state index contributed by atoms with van der Waals surface area (Å²) in [6.07, 6.45) is -4.95. The largest absolute Gasteiger partial charge is 0.416 e. The lowest BCUT2D eigenvalue weighted by atomic mass is 10.1. The highest BCUT2D eigenvalue weighted by Crippen LogP contribution is 2.29. The van der Waals surface area contributed by atoms with Gasteiger partial charge in [0.1, 0.15) is 6.10 Å². The normalized spacial score (nSPS) is 18.5. The van der Waals surface area contributed by atoms with Crippen LogP contribution in [0, 0.1) is 0 Å². The molecule has 0 bridgehead atoms. The Bertz CT molecular complexity index is 505. The summed E-state index contributed by atoms with van der Waals surface area (Å²) in [6, 6.07) is 4.98. The fourth-order valence-electron chi connectivity index (χ4n) is 2.17. The summed E-state index contributed by atoms with van der Waals surface area (Å²) >= 11 is 0. The summed E-state index contributed by atoms with van der Waals surface area (Å²) < 4.78 is 43.3. The third-order valence-electron chi connectivity index (χ3n) is 3.25. The molecule has 1 saturated heterocycles. The Kier molecular flexibility index (Phi) is 6.65. The van der Waals surface area contributed by atoms with Crippen LogP contribution in [0.1, 0.15) is 11.1 Å². The van der Waals surface area contributed by atoms with Crippen molar-refractivity contribution in [1.29, 1.82) is 0 Å². The fraction of sp³-hybridized carbons (Fsp3) is 0.500. The maximum absolute atomic E-state index is 12.6. The van der Waals surface area contributed by atoms with E-state index in [1.807, 2.05) is 0 Å². The Morgan fingerprint density at radius 3 is 2.77 bits per heavy atom. The van der Waals surface area contributed by atoms with E-state index in [4.69, 9.17) is 4.74 Å². The summed E-state index contributed by atoms with van der Waals surface area (Å²) in [7, 11) is 1.56. The number of hydrogen-bond acceptors (Lipinski definition) is 3. The molecule has 1 amide bonds. The number of halogens is 4. The van der Waals surface area contributed by atoms with E-state index in [0.717, 1.165) is 12.1 Å². The van der Waals surface area contributed by atoms with Gasteiger partial charge in [0.05, 0.1) is 12.2 Å². The lowest BCUT2D eigenvalue weighted by molar-refractivity contribution is -0.144. The average Bonchev–Trinajstić information content (AvgIpc) is 2.47. The first kappa shape index (κ1) is 18.7. The van der Waals surface area contributed by atoms with Crippen molar-refractivity contribution in [3.63, 3.8) is 0 Å². The summed E-state index contributed by atoms with van der Waals surface area (Å²) in [5.74, 6) is -0.236. The minimum atomic E-state index is -4.38. The minimum Gasteiger partial charge on any atom is -0.366 e. The molecule has 1 fully saturated rings. The number of nitrogens with one attached hydrogen (secondary N) is 1. The zero-order valence-corrected chi connectivity index (χ0v) is 12.8. The molecule has 22 heavy (non-hydrogen) atoms. The molecule has 1 aromatic rings. The average molecular weight is 339 g/mol. The SMILES string of the molecule is CN(Cc1cccc(C(F)(F)F)c1)C(=O)C1CNCCO1.Cl. The van der Waals surface area contributed by atoms with Gasteiger partial charge in [-0.1, -0.05) is 12.1 Å². The molecule has 0 saturated carbocycles. The molecule has 0 aliphatic carbocycles. The molecule has 1 aliphatic rings. The van der Waals surface area contributed by atoms with Crippen molar-refractivity contribution < 1.29 is 22.7 Å². The number of alkyl halides is 3. The van der Waals surface area contributed by atoms with E-state index in [0.29, 0.717) is 25.3 Å². The number of morpholine rings is 1. The second-order valence-electron chi connectivity index (χ2n) is 4.96. The predicted octanol–water partition coefficient (Wildman–Crippen LogP) is 2.07. The highest BCUT2D eigenvalue weighted by Gasteiger charge is 2.31. The molecule has 0 aromatic heterocycles. The Balaban J connectivity index is 0.00000242. The van der Waals surface area contributed by atoms with Gasteiger partial charge in [0, 0.05) is 26.7 Å². The van der Waals surface area contributed by atoms with Crippen LogP contribution < -0.4 is 5.32 Å². The summed E-state index contributed by atoms with van der Waals surface area (Å²) in [4.78, 5) is 13.5. The van der Waals surface area contributed by atoms with Crippen molar-refractivity contribution in [3.05, 3.63) is 35.4 Å². The quantitative estimate of drug-likeness (QED) is 0.917. The van der Waals surface area contributed by atoms with Gasteiger partial charge in [-0.15, -0.1) is 12.4 Å². The van der Waals surface area contributed by atoms with E-state index in [2.05, 4.69) is 5.32 Å². The van der Waals surface area contributed by atoms with Crippen LogP contribution in [0.2, 0.25) is 0 Å². The van der Waals surface area contributed by atoms with Crippen LogP contribution in [0.15, 0.2) is 24.3 Å². The van der Waals surface area contributed by atoms with E-state index in [1.54, 1.807) is 13.1 Å². The van der Waals surface area contributed by atoms with Crippen molar-refractivity contribution in [2.24, 2.45) is 0 Å². The lowest BCUT2D eigenvalue weighted by Crippen LogP contribution is -2.48. The topological polar surface area (TPSA) is 41.6 Å². The molecule has 1 heterocycles. The zero-order chi connectivity index (χ0) is 15.5. The molecule has 8 heteroatoms. The van der Waals surface area contributed by atoms with E-state index in [-0.39, 0.29) is 24.9 Å². The van der Waals surface area contributed by atoms with Crippen molar-refractivity contribution in [3.8, 4) is 0 Å². The van der Waals surface area contributed by atoms with Crippen molar-refractivity contribution in [1.82, 2.24) is 10.2 Å². The third-order valence-corrected chi connectivity index (χ3v) is 3.25. The first-order valence-electron chi connectivity index (χ1n) is 6.61. The molecular formula is C14H18ClF3N2O2. The molecule has 4 nitrogen and oxygen atoms in total. The second-order valence-corrected chi connectivity index (χ2v) is 4.96. The van der Waals surface area contributed by atoms with Gasteiger partial charge in [-0.25, -0.2) is 0 Å². The monoisotopic (exact) mass is 338 g/mol. The first-order chi connectivity index (χ1) is 9.88. The van der Waals surface area contributed by atoms with Crippen LogP contribution in [0.25, 0.3) is 0 Å². The Hall–Kier alpha value is -1.31. The summed E-state index contributed by atoms with van der Waals surface area (Å²) in [5, 5.41) is 3.04. The number of benzene rings is 1. The molecule has 0 radical (unpaired) electrons. The van der Waals surface area contributed by atoms with Crippen molar-refractivity contribution >= 4 is 18.3 Å². The van der Waals surface area contributed by atoms with Crippen LogP contribution in [-0.4, -0.2) is 43.7 Å². The van der Waals surface area contributed by atoms with E-state index >= 15 is 0 Å². The van der Waals surface area contributed by atoms with Crippen LogP contribution in [0.3, 0.4) is 0 Å². The molecular weight excluding hydrogens is 321 g/mol. The Morgan fingerprint density at radius 1 is 1.45 bits per heavy atom. The molecule has 2 rings (SSSR count). The number of amides is 1. The van der Waals surface area contributed by atoms with Gasteiger partial charge < -0.3 is 15.0 Å².